The summed E-state index contributed by atoms with van der Waals surface area (Å²) < 4.78 is 8.53. The number of unbranched alkanes of at least 4 members (excludes halogenated alkanes) is 6. The fraction of sp³-hybridized carbons (Fsp3) is 0.455. The number of nitriles is 1. The number of aromatic nitrogens is 4. The number of fused-ring (bicyclic) bond motifs is 3. The second-order valence-corrected chi connectivity index (χ2v) is 12.5. The summed E-state index contributed by atoms with van der Waals surface area (Å²) >= 11 is 3.57. The molecular formula is C33H38BrN7O. The molecule has 218 valence electrons. The number of pyridine rings is 3. The van der Waals surface area contributed by atoms with Crippen molar-refractivity contribution in [3.63, 3.8) is 0 Å². The minimum atomic E-state index is 0.521. The molecule has 8 nitrogen and oxygen atoms in total. The highest BCUT2D eigenvalue weighted by Gasteiger charge is 2.44. The van der Waals surface area contributed by atoms with Crippen LogP contribution in [0.1, 0.15) is 69.4 Å². The number of ether oxygens (including phenoxy) is 1. The van der Waals surface area contributed by atoms with E-state index < -0.39 is 0 Å². The number of anilines is 1. The lowest BCUT2D eigenvalue weighted by Crippen LogP contribution is -2.68. The Bertz CT molecular complexity index is 1520. The quantitative estimate of drug-likeness (QED) is 0.147. The zero-order valence-corrected chi connectivity index (χ0v) is 25.8. The molecule has 0 N–H and O–H groups in total. The lowest BCUT2D eigenvalue weighted by Gasteiger charge is -2.56. The Morgan fingerprint density at radius 3 is 2.50 bits per heavy atom. The molecule has 0 saturated carbocycles. The van der Waals surface area contributed by atoms with Crippen LogP contribution < -0.4 is 9.64 Å². The van der Waals surface area contributed by atoms with Gasteiger partial charge in [-0.15, -0.1) is 0 Å². The molecule has 3 aliphatic rings. The molecule has 0 amide bonds. The highest BCUT2D eigenvalue weighted by Crippen LogP contribution is 2.36. The Labute approximate surface area is 256 Å². The zero-order chi connectivity index (χ0) is 28.9. The van der Waals surface area contributed by atoms with E-state index in [1.165, 1.54) is 50.5 Å². The Morgan fingerprint density at radius 1 is 0.976 bits per heavy atom. The topological polar surface area (TPSA) is 82.6 Å². The lowest BCUT2D eigenvalue weighted by atomic mass is 9.87. The molecular weight excluding hydrogens is 590 g/mol. The molecule has 0 aromatic carbocycles. The van der Waals surface area contributed by atoms with E-state index in [9.17, 15) is 5.26 Å². The van der Waals surface area contributed by atoms with Crippen LogP contribution in [0, 0.1) is 11.3 Å². The summed E-state index contributed by atoms with van der Waals surface area (Å²) in [4.78, 5) is 14.4. The number of rotatable bonds is 13. The van der Waals surface area contributed by atoms with Gasteiger partial charge in [0.05, 0.1) is 23.9 Å². The molecule has 0 spiro atoms. The largest absolute Gasteiger partial charge is 0.478 e. The van der Waals surface area contributed by atoms with Crippen molar-refractivity contribution in [3.8, 4) is 23.1 Å². The maximum absolute atomic E-state index is 9.56. The zero-order valence-electron chi connectivity index (χ0n) is 24.3. The molecule has 4 aromatic heterocycles. The predicted molar refractivity (Wildman–Crippen MR) is 169 cm³/mol. The van der Waals surface area contributed by atoms with Gasteiger partial charge in [-0.1, -0.05) is 51.5 Å². The fourth-order valence-corrected chi connectivity index (χ4v) is 6.72. The SMILES string of the molecule is CCCCCCCCCOc1ccc(CN2C3CC2CN(c2ccc(-c4cc(Br)cn5ncc(C#N)c45)cn2)C3)cn1. The first-order valence-electron chi connectivity index (χ1n) is 15.2. The average molecular weight is 629 g/mol. The monoisotopic (exact) mass is 627 g/mol. The number of piperazine rings is 1. The summed E-state index contributed by atoms with van der Waals surface area (Å²) in [5, 5.41) is 13.9. The fourth-order valence-electron chi connectivity index (χ4n) is 6.29. The van der Waals surface area contributed by atoms with Crippen LogP contribution in [0.25, 0.3) is 16.6 Å². The first kappa shape index (κ1) is 28.6. The molecule has 4 aromatic rings. The molecule has 0 aliphatic carbocycles. The average Bonchev–Trinajstić information content (AvgIpc) is 3.44. The first-order chi connectivity index (χ1) is 20.6. The van der Waals surface area contributed by atoms with Gasteiger partial charge in [0.1, 0.15) is 11.9 Å². The van der Waals surface area contributed by atoms with Crippen molar-refractivity contribution in [2.45, 2.75) is 76.9 Å². The molecule has 9 heteroatoms. The minimum Gasteiger partial charge on any atom is -0.478 e. The molecule has 2 atom stereocenters. The summed E-state index contributed by atoms with van der Waals surface area (Å²) in [6.07, 6.45) is 17.6. The molecule has 7 heterocycles. The van der Waals surface area contributed by atoms with Crippen LogP contribution in [0.4, 0.5) is 5.82 Å². The van der Waals surface area contributed by atoms with Crippen LogP contribution in [0.15, 0.2) is 59.6 Å². The molecule has 7 rings (SSSR count). The van der Waals surface area contributed by atoms with E-state index in [4.69, 9.17) is 9.72 Å². The summed E-state index contributed by atoms with van der Waals surface area (Å²) in [5.41, 5.74) is 4.49. The van der Waals surface area contributed by atoms with E-state index in [0.717, 1.165) is 65.5 Å². The van der Waals surface area contributed by atoms with Crippen molar-refractivity contribution in [1.29, 1.82) is 5.26 Å². The summed E-state index contributed by atoms with van der Waals surface area (Å²) in [5.74, 6) is 1.73. The summed E-state index contributed by atoms with van der Waals surface area (Å²) in [6.45, 7) is 5.87. The summed E-state index contributed by atoms with van der Waals surface area (Å²) in [7, 11) is 0. The Balaban J connectivity index is 1.000. The second-order valence-electron chi connectivity index (χ2n) is 11.5. The molecule has 0 radical (unpaired) electrons. The smallest absolute Gasteiger partial charge is 0.213 e. The molecule has 3 aliphatic heterocycles. The Morgan fingerprint density at radius 2 is 1.79 bits per heavy atom. The van der Waals surface area contributed by atoms with Gasteiger partial charge in [-0.05, 0) is 52.5 Å². The summed E-state index contributed by atoms with van der Waals surface area (Å²) in [6, 6.07) is 13.7. The van der Waals surface area contributed by atoms with Gasteiger partial charge in [-0.2, -0.15) is 10.4 Å². The number of piperidine rings is 1. The van der Waals surface area contributed by atoms with E-state index in [1.54, 1.807) is 10.7 Å². The van der Waals surface area contributed by atoms with Crippen molar-refractivity contribution in [1.82, 2.24) is 24.5 Å². The van der Waals surface area contributed by atoms with Crippen molar-refractivity contribution >= 4 is 27.3 Å². The predicted octanol–water partition coefficient (Wildman–Crippen LogP) is 7.02. The van der Waals surface area contributed by atoms with E-state index >= 15 is 0 Å². The Hall–Kier alpha value is -3.48. The first-order valence-corrected chi connectivity index (χ1v) is 16.0. The van der Waals surface area contributed by atoms with E-state index in [-0.39, 0.29) is 0 Å². The normalized spacial score (nSPS) is 18.2. The maximum Gasteiger partial charge on any atom is 0.213 e. The molecule has 3 fully saturated rings. The van der Waals surface area contributed by atoms with Gasteiger partial charge in [0.2, 0.25) is 5.88 Å². The molecule has 2 bridgehead atoms. The van der Waals surface area contributed by atoms with Crippen molar-refractivity contribution in [2.24, 2.45) is 0 Å². The van der Waals surface area contributed by atoms with Gasteiger partial charge in [-0.3, -0.25) is 4.90 Å². The highest BCUT2D eigenvalue weighted by atomic mass is 79.9. The van der Waals surface area contributed by atoms with E-state index in [0.29, 0.717) is 17.6 Å². The standard InChI is InChI=1S/C33H38BrN7O/c1-2-3-4-5-6-7-8-13-42-32-12-9-24(17-37-32)20-40-28-15-29(40)23-39(22-28)31-11-10-25(18-36-31)30-14-27(34)21-41-33(30)26(16-35)19-38-41/h9-12,14,17-19,21,28-29H,2-8,13,15,20,22-23H2,1H3. The van der Waals surface area contributed by atoms with E-state index in [2.05, 4.69) is 67.0 Å². The van der Waals surface area contributed by atoms with E-state index in [1.807, 2.05) is 30.7 Å². The van der Waals surface area contributed by atoms with Crippen LogP contribution in [0.5, 0.6) is 5.88 Å². The van der Waals surface area contributed by atoms with Crippen LogP contribution in [0.2, 0.25) is 0 Å². The number of hydrogen-bond donors (Lipinski definition) is 0. The van der Waals surface area contributed by atoms with Gasteiger partial charge >= 0.3 is 0 Å². The van der Waals surface area contributed by atoms with Crippen LogP contribution in [-0.2, 0) is 6.54 Å². The van der Waals surface area contributed by atoms with Crippen molar-refractivity contribution in [3.05, 3.63) is 70.7 Å². The second kappa shape index (κ2) is 13.2. The molecule has 2 unspecified atom stereocenters. The number of halogens is 1. The third-order valence-corrected chi connectivity index (χ3v) is 9.02. The van der Waals surface area contributed by atoms with Gasteiger partial charge < -0.3 is 9.64 Å². The van der Waals surface area contributed by atoms with Gasteiger partial charge in [0.15, 0.2) is 0 Å². The Kier molecular flexibility index (Phi) is 9.01. The third kappa shape index (κ3) is 6.30. The van der Waals surface area contributed by atoms with Gasteiger partial charge in [-0.25, -0.2) is 14.5 Å². The number of nitrogens with zero attached hydrogens (tertiary/aromatic N) is 7. The third-order valence-electron chi connectivity index (χ3n) is 8.59. The van der Waals surface area contributed by atoms with Crippen LogP contribution in [-0.4, -0.2) is 56.3 Å². The van der Waals surface area contributed by atoms with Crippen molar-refractivity contribution < 1.29 is 4.74 Å². The van der Waals surface area contributed by atoms with Crippen molar-refractivity contribution in [2.75, 3.05) is 24.6 Å². The minimum absolute atomic E-state index is 0.521. The molecule has 42 heavy (non-hydrogen) atoms. The number of hydrogen-bond acceptors (Lipinski definition) is 7. The van der Waals surface area contributed by atoms with Gasteiger partial charge in [0, 0.05) is 72.0 Å². The molecule has 3 saturated heterocycles. The van der Waals surface area contributed by atoms with Crippen LogP contribution in [0.3, 0.4) is 0 Å². The lowest BCUT2D eigenvalue weighted by molar-refractivity contribution is -0.00877. The highest BCUT2D eigenvalue weighted by molar-refractivity contribution is 9.10. The van der Waals surface area contributed by atoms with Gasteiger partial charge in [0.25, 0.3) is 0 Å². The van der Waals surface area contributed by atoms with Crippen LogP contribution >= 0.6 is 15.9 Å². The maximum atomic E-state index is 9.56.